The molecule has 1 aromatic heterocycles. The highest BCUT2D eigenvalue weighted by molar-refractivity contribution is 6.35. The molecule has 1 heterocycles. The number of benzene rings is 3. The molecule has 11 nitrogen and oxygen atoms in total. The molecule has 0 aliphatic heterocycles. The second-order valence-corrected chi connectivity index (χ2v) is 11.9. The van der Waals surface area contributed by atoms with E-state index in [-0.39, 0.29) is 29.5 Å². The number of aliphatic carboxylic acids is 1. The van der Waals surface area contributed by atoms with Crippen LogP contribution in [-0.2, 0) is 14.4 Å². The number of aromatic nitrogens is 1. The van der Waals surface area contributed by atoms with E-state index in [4.69, 9.17) is 30.9 Å². The van der Waals surface area contributed by atoms with Crippen molar-refractivity contribution in [2.45, 2.75) is 46.5 Å². The lowest BCUT2D eigenvalue weighted by atomic mass is 10.0. The van der Waals surface area contributed by atoms with Gasteiger partial charge in [-0.25, -0.2) is 4.39 Å². The minimum Gasteiger partial charge on any atom is -0.493 e. The maximum absolute atomic E-state index is 13.2. The van der Waals surface area contributed by atoms with E-state index in [1.165, 1.54) is 51.0 Å². The lowest BCUT2D eigenvalue weighted by Crippen LogP contribution is -2.35. The maximum atomic E-state index is 13.2. The van der Waals surface area contributed by atoms with E-state index in [0.717, 1.165) is 0 Å². The van der Waals surface area contributed by atoms with Crippen molar-refractivity contribution in [2.75, 3.05) is 44.0 Å². The van der Waals surface area contributed by atoms with E-state index in [2.05, 4.69) is 41.3 Å². The first kappa shape index (κ1) is 37.9. The van der Waals surface area contributed by atoms with Crippen LogP contribution in [0.15, 0.2) is 66.9 Å². The van der Waals surface area contributed by atoms with Gasteiger partial charge in [0.25, 0.3) is 0 Å². The number of halogens is 2. The number of amides is 2. The molecule has 13 heteroatoms. The molecule has 0 unspecified atom stereocenters. The average molecular weight is 709 g/mol. The molecule has 3 aromatic carbocycles. The van der Waals surface area contributed by atoms with Crippen molar-refractivity contribution in [3.63, 3.8) is 0 Å². The summed E-state index contributed by atoms with van der Waals surface area (Å²) in [5, 5.41) is 15.0. The van der Waals surface area contributed by atoms with Gasteiger partial charge in [-0.3, -0.25) is 19.4 Å². The SMILES string of the molecule is CCN(CC)CC.COc1cc2c(Oc3cccc(NC(=O)C4(C(=O)Nc5ccc(F)cc5)CC4)c3Cl)ccnc2cc1OCCCC(=O)O. The highest BCUT2D eigenvalue weighted by atomic mass is 35.5. The molecular formula is C37H42ClFN4O7. The predicted octanol–water partition coefficient (Wildman–Crippen LogP) is 7.78. The standard InChI is InChI=1S/C31H27ClFN3O7.C6H15N/c1-41-25-16-20-22(17-26(25)42-15-3-6-27(37)38)34-14-11-23(20)43-24-5-2-4-21(28(24)32)36-30(40)31(12-13-31)29(39)35-19-9-7-18(33)8-10-19;1-4-7(5-2)6-3/h2,4-5,7-11,14,16-17H,3,6,12-13,15H2,1H3,(H,35,39)(H,36,40)(H,37,38);4-6H2,1-3H3. The Balaban J connectivity index is 0.000000727. The molecule has 0 saturated heterocycles. The second kappa shape index (κ2) is 17.6. The number of nitrogens with zero attached hydrogens (tertiary/aromatic N) is 2. The first-order valence-corrected chi connectivity index (χ1v) is 16.8. The van der Waals surface area contributed by atoms with E-state index in [0.29, 0.717) is 53.1 Å². The summed E-state index contributed by atoms with van der Waals surface area (Å²) < 4.78 is 30.6. The van der Waals surface area contributed by atoms with Gasteiger partial charge >= 0.3 is 5.97 Å². The molecule has 2 amide bonds. The van der Waals surface area contributed by atoms with Crippen molar-refractivity contribution in [3.05, 3.63) is 77.7 Å². The number of anilines is 2. The van der Waals surface area contributed by atoms with Gasteiger partial charge in [0.1, 0.15) is 27.8 Å². The number of fused-ring (bicyclic) bond motifs is 1. The molecule has 0 atom stereocenters. The summed E-state index contributed by atoms with van der Waals surface area (Å²) in [4.78, 5) is 43.7. The minimum atomic E-state index is -1.26. The van der Waals surface area contributed by atoms with Gasteiger partial charge in [0.2, 0.25) is 11.8 Å². The highest BCUT2D eigenvalue weighted by Gasteiger charge is 2.56. The fourth-order valence-electron chi connectivity index (χ4n) is 5.08. The van der Waals surface area contributed by atoms with Crippen LogP contribution in [0.25, 0.3) is 10.9 Å². The van der Waals surface area contributed by atoms with Gasteiger partial charge in [-0.2, -0.15) is 0 Å². The summed E-state index contributed by atoms with van der Waals surface area (Å²) in [6.07, 6.45) is 2.58. The maximum Gasteiger partial charge on any atom is 0.303 e. The quantitative estimate of drug-likeness (QED) is 0.0835. The Labute approximate surface area is 295 Å². The van der Waals surface area contributed by atoms with Crippen molar-refractivity contribution in [2.24, 2.45) is 5.41 Å². The smallest absolute Gasteiger partial charge is 0.303 e. The molecule has 0 bridgehead atoms. The van der Waals surface area contributed by atoms with Crippen LogP contribution in [-0.4, -0.2) is 66.1 Å². The zero-order valence-electron chi connectivity index (χ0n) is 28.6. The number of hydrogen-bond acceptors (Lipinski definition) is 8. The topological polar surface area (TPSA) is 139 Å². The Hall–Kier alpha value is -4.94. The summed E-state index contributed by atoms with van der Waals surface area (Å²) in [6.45, 7) is 10.3. The lowest BCUT2D eigenvalue weighted by molar-refractivity contribution is -0.137. The molecule has 1 saturated carbocycles. The number of methoxy groups -OCH3 is 1. The molecule has 1 aliphatic carbocycles. The zero-order chi connectivity index (χ0) is 36.3. The Morgan fingerprint density at radius 3 is 2.20 bits per heavy atom. The van der Waals surface area contributed by atoms with Crippen LogP contribution in [0, 0.1) is 11.2 Å². The number of rotatable bonds is 15. The molecule has 0 radical (unpaired) electrons. The fourth-order valence-corrected chi connectivity index (χ4v) is 5.29. The van der Waals surface area contributed by atoms with Gasteiger partial charge in [-0.15, -0.1) is 0 Å². The van der Waals surface area contributed by atoms with Crippen molar-refractivity contribution >= 4 is 51.7 Å². The summed E-state index contributed by atoms with van der Waals surface area (Å²) in [6, 6.07) is 15.2. The number of hydrogen-bond donors (Lipinski definition) is 3. The molecule has 0 spiro atoms. The minimum absolute atomic E-state index is 0.0173. The number of ether oxygens (including phenoxy) is 3. The van der Waals surface area contributed by atoms with E-state index >= 15 is 0 Å². The normalized spacial score (nSPS) is 12.8. The van der Waals surface area contributed by atoms with E-state index < -0.39 is 29.0 Å². The third kappa shape index (κ3) is 9.60. The van der Waals surface area contributed by atoms with Gasteiger partial charge in [0.15, 0.2) is 11.5 Å². The van der Waals surface area contributed by atoms with E-state index in [1.807, 2.05) is 0 Å². The first-order valence-electron chi connectivity index (χ1n) is 16.4. The van der Waals surface area contributed by atoms with Gasteiger partial charge in [0.05, 0.1) is 24.9 Å². The van der Waals surface area contributed by atoms with E-state index in [9.17, 15) is 18.8 Å². The molecule has 4 aromatic rings. The van der Waals surface area contributed by atoms with Crippen LogP contribution >= 0.6 is 11.6 Å². The molecule has 5 rings (SSSR count). The number of carbonyl (C=O) groups excluding carboxylic acids is 2. The number of pyridine rings is 1. The molecule has 3 N–H and O–H groups in total. The molecule has 50 heavy (non-hydrogen) atoms. The number of nitrogens with one attached hydrogen (secondary N) is 2. The lowest BCUT2D eigenvalue weighted by Gasteiger charge is -2.18. The van der Waals surface area contributed by atoms with Crippen LogP contribution in [0.2, 0.25) is 5.02 Å². The van der Waals surface area contributed by atoms with E-state index in [1.54, 1.807) is 42.6 Å². The predicted molar refractivity (Wildman–Crippen MR) is 191 cm³/mol. The first-order chi connectivity index (χ1) is 24.0. The third-order valence-corrected chi connectivity index (χ3v) is 8.66. The van der Waals surface area contributed by atoms with Crippen molar-refractivity contribution in [1.82, 2.24) is 9.88 Å². The Kier molecular flexibility index (Phi) is 13.4. The number of carbonyl (C=O) groups is 3. The Morgan fingerprint density at radius 1 is 0.920 bits per heavy atom. The largest absolute Gasteiger partial charge is 0.493 e. The van der Waals surface area contributed by atoms with Gasteiger partial charge in [0, 0.05) is 29.8 Å². The number of carboxylic acid groups (broad SMARTS) is 1. The monoisotopic (exact) mass is 708 g/mol. The molecule has 1 fully saturated rings. The van der Waals surface area contributed by atoms with Crippen LogP contribution < -0.4 is 24.8 Å². The third-order valence-electron chi connectivity index (χ3n) is 8.27. The van der Waals surface area contributed by atoms with Crippen LogP contribution in [0.3, 0.4) is 0 Å². The average Bonchev–Trinajstić information content (AvgIpc) is 3.93. The van der Waals surface area contributed by atoms with Gasteiger partial charge in [-0.05, 0) is 87.4 Å². The molecular weight excluding hydrogens is 667 g/mol. The summed E-state index contributed by atoms with van der Waals surface area (Å²) >= 11 is 6.65. The van der Waals surface area contributed by atoms with Crippen molar-refractivity contribution in [3.8, 4) is 23.0 Å². The van der Waals surface area contributed by atoms with Crippen LogP contribution in [0.4, 0.5) is 15.8 Å². The molecule has 266 valence electrons. The summed E-state index contributed by atoms with van der Waals surface area (Å²) in [7, 11) is 1.48. The number of carboxylic acids is 1. The fraction of sp³-hybridized carbons (Fsp3) is 0.351. The summed E-state index contributed by atoms with van der Waals surface area (Å²) in [5.41, 5.74) is -0.0789. The Bertz CT molecular complexity index is 1790. The highest BCUT2D eigenvalue weighted by Crippen LogP contribution is 2.48. The van der Waals surface area contributed by atoms with Crippen LogP contribution in [0.1, 0.15) is 46.5 Å². The van der Waals surface area contributed by atoms with Gasteiger partial charge < -0.3 is 34.9 Å². The van der Waals surface area contributed by atoms with Gasteiger partial charge in [-0.1, -0.05) is 38.4 Å². The van der Waals surface area contributed by atoms with Crippen LogP contribution in [0.5, 0.6) is 23.0 Å². The molecule has 1 aliphatic rings. The zero-order valence-corrected chi connectivity index (χ0v) is 29.3. The van der Waals surface area contributed by atoms with Crippen molar-refractivity contribution < 1.29 is 38.1 Å². The summed E-state index contributed by atoms with van der Waals surface area (Å²) in [5.74, 6) is -0.866. The van der Waals surface area contributed by atoms with Crippen molar-refractivity contribution in [1.29, 1.82) is 0 Å². The Morgan fingerprint density at radius 2 is 1.60 bits per heavy atom. The second-order valence-electron chi connectivity index (χ2n) is 11.5.